The average molecular weight is 464 g/mol. The maximum Gasteiger partial charge on any atom is 0.250 e. The minimum Gasteiger partial charge on any atom is -0.474 e. The molecule has 3 heterocycles. The van der Waals surface area contributed by atoms with Gasteiger partial charge in [-0.15, -0.1) is 24.0 Å². The second-order valence-electron chi connectivity index (χ2n) is 6.35. The van der Waals surface area contributed by atoms with Gasteiger partial charge in [0.05, 0.1) is 13.2 Å². The van der Waals surface area contributed by atoms with Gasteiger partial charge in [-0.2, -0.15) is 0 Å². The molecule has 8 heteroatoms. The van der Waals surface area contributed by atoms with Crippen molar-refractivity contribution in [1.82, 2.24) is 15.2 Å². The second kappa shape index (κ2) is 9.51. The summed E-state index contributed by atoms with van der Waals surface area (Å²) >= 11 is 0. The first-order chi connectivity index (χ1) is 11.7. The molecule has 1 aromatic rings. The number of aromatic nitrogens is 1. The van der Waals surface area contributed by atoms with E-state index in [-0.39, 0.29) is 29.9 Å². The quantitative estimate of drug-likeness (QED) is 0.314. The van der Waals surface area contributed by atoms with Crippen molar-refractivity contribution in [3.05, 3.63) is 24.1 Å². The molecular weight excluding hydrogens is 438 g/mol. The molecule has 1 atom stereocenters. The zero-order valence-electron chi connectivity index (χ0n) is 14.5. The third-order valence-electron chi connectivity index (χ3n) is 4.57. The number of nitrogens with one attached hydrogen (secondary N) is 1. The van der Waals surface area contributed by atoms with Crippen LogP contribution >= 0.6 is 24.0 Å². The second-order valence-corrected chi connectivity index (χ2v) is 6.35. The van der Waals surface area contributed by atoms with Crippen LogP contribution in [0.4, 0.5) is 4.39 Å². The van der Waals surface area contributed by atoms with E-state index in [2.05, 4.69) is 27.1 Å². The molecule has 0 amide bonds. The summed E-state index contributed by atoms with van der Waals surface area (Å²) < 4.78 is 24.4. The van der Waals surface area contributed by atoms with Crippen LogP contribution in [0.5, 0.6) is 5.88 Å². The van der Waals surface area contributed by atoms with Crippen LogP contribution in [-0.4, -0.2) is 61.8 Å². The van der Waals surface area contributed by atoms with Gasteiger partial charge in [0.25, 0.3) is 0 Å². The normalized spacial score (nSPS) is 23.0. The van der Waals surface area contributed by atoms with Gasteiger partial charge in [0.2, 0.25) is 5.88 Å². The molecule has 1 spiro atoms. The van der Waals surface area contributed by atoms with Gasteiger partial charge in [-0.1, -0.05) is 0 Å². The highest BCUT2D eigenvalue weighted by molar-refractivity contribution is 14.0. The lowest BCUT2D eigenvalue weighted by Gasteiger charge is -2.24. The van der Waals surface area contributed by atoms with E-state index in [1.807, 2.05) is 0 Å². The number of aliphatic imine (C=N–C) groups is 1. The molecule has 6 nitrogen and oxygen atoms in total. The fourth-order valence-corrected chi connectivity index (χ4v) is 3.28. The Kier molecular flexibility index (Phi) is 7.67. The van der Waals surface area contributed by atoms with Gasteiger partial charge in [-0.25, -0.2) is 14.4 Å². The summed E-state index contributed by atoms with van der Waals surface area (Å²) in [6, 6.07) is 2.88. The number of rotatable bonds is 5. The van der Waals surface area contributed by atoms with E-state index in [0.717, 1.165) is 51.6 Å². The molecule has 0 saturated carbocycles. The van der Waals surface area contributed by atoms with E-state index in [1.165, 1.54) is 12.3 Å². The Labute approximate surface area is 165 Å². The number of guanidine groups is 1. The van der Waals surface area contributed by atoms with E-state index >= 15 is 0 Å². The van der Waals surface area contributed by atoms with Crippen molar-refractivity contribution < 1.29 is 13.9 Å². The van der Waals surface area contributed by atoms with Crippen LogP contribution in [0, 0.1) is 11.2 Å². The van der Waals surface area contributed by atoms with Gasteiger partial charge in [0.1, 0.15) is 6.61 Å². The van der Waals surface area contributed by atoms with Crippen molar-refractivity contribution in [2.75, 3.05) is 46.0 Å². The lowest BCUT2D eigenvalue weighted by Crippen LogP contribution is -2.41. The number of halogens is 2. The van der Waals surface area contributed by atoms with Gasteiger partial charge in [0, 0.05) is 37.9 Å². The molecule has 0 bridgehead atoms. The lowest BCUT2D eigenvalue weighted by atomic mass is 9.87. The summed E-state index contributed by atoms with van der Waals surface area (Å²) in [5.74, 6) is 0.475. The van der Waals surface area contributed by atoms with Crippen molar-refractivity contribution in [3.8, 4) is 5.88 Å². The molecule has 2 aliphatic rings. The summed E-state index contributed by atoms with van der Waals surface area (Å²) in [6.07, 6.45) is 3.79. The molecule has 25 heavy (non-hydrogen) atoms. The van der Waals surface area contributed by atoms with E-state index in [1.54, 1.807) is 6.07 Å². The monoisotopic (exact) mass is 464 g/mol. The number of hydrogen-bond donors (Lipinski definition) is 1. The first kappa shape index (κ1) is 20.2. The molecule has 0 radical (unpaired) electrons. The van der Waals surface area contributed by atoms with E-state index in [4.69, 9.17) is 9.47 Å². The fraction of sp³-hybridized carbons (Fsp3) is 0.647. The van der Waals surface area contributed by atoms with Crippen molar-refractivity contribution in [3.63, 3.8) is 0 Å². The fourth-order valence-electron chi connectivity index (χ4n) is 3.28. The Balaban J connectivity index is 0.00000225. The van der Waals surface area contributed by atoms with Crippen LogP contribution in [-0.2, 0) is 4.74 Å². The van der Waals surface area contributed by atoms with Gasteiger partial charge in [-0.3, -0.25) is 0 Å². The zero-order valence-corrected chi connectivity index (χ0v) is 16.9. The lowest BCUT2D eigenvalue weighted by molar-refractivity contribution is 0.156. The summed E-state index contributed by atoms with van der Waals surface area (Å²) in [4.78, 5) is 10.8. The molecule has 1 aromatic heterocycles. The predicted octanol–water partition coefficient (Wildman–Crippen LogP) is 2.30. The maximum absolute atomic E-state index is 13.5. The first-order valence-corrected chi connectivity index (χ1v) is 8.57. The molecular formula is C17H26FIN4O2. The summed E-state index contributed by atoms with van der Waals surface area (Å²) in [5, 5.41) is 3.33. The van der Waals surface area contributed by atoms with E-state index < -0.39 is 5.82 Å². The van der Waals surface area contributed by atoms with Crippen LogP contribution in [0.3, 0.4) is 0 Å². The summed E-state index contributed by atoms with van der Waals surface area (Å²) in [6.45, 7) is 7.31. The molecule has 0 aliphatic carbocycles. The first-order valence-electron chi connectivity index (χ1n) is 8.57. The highest BCUT2D eigenvalue weighted by atomic mass is 127. The topological polar surface area (TPSA) is 59.0 Å². The van der Waals surface area contributed by atoms with Gasteiger partial charge in [0.15, 0.2) is 11.8 Å². The highest BCUT2D eigenvalue weighted by Crippen LogP contribution is 2.38. The Bertz CT molecular complexity index is 582. The molecule has 3 rings (SSSR count). The smallest absolute Gasteiger partial charge is 0.250 e. The summed E-state index contributed by atoms with van der Waals surface area (Å²) in [7, 11) is 0. The SMILES string of the molecule is CCNC(=NCCOc1ncccc1F)N1CCC2(CCOC2)C1.I. The Hall–Kier alpha value is -1.16. The van der Waals surface area contributed by atoms with Crippen molar-refractivity contribution in [1.29, 1.82) is 0 Å². The van der Waals surface area contributed by atoms with Gasteiger partial charge >= 0.3 is 0 Å². The predicted molar refractivity (Wildman–Crippen MR) is 105 cm³/mol. The number of hydrogen-bond acceptors (Lipinski definition) is 4. The molecule has 1 unspecified atom stereocenters. The number of nitrogens with zero attached hydrogens (tertiary/aromatic N) is 3. The number of pyridine rings is 1. The average Bonchev–Trinajstić information content (AvgIpc) is 3.22. The van der Waals surface area contributed by atoms with Crippen LogP contribution < -0.4 is 10.1 Å². The Morgan fingerprint density at radius 2 is 2.40 bits per heavy atom. The van der Waals surface area contributed by atoms with Crippen LogP contribution in [0.2, 0.25) is 0 Å². The Morgan fingerprint density at radius 3 is 3.12 bits per heavy atom. The summed E-state index contributed by atoms with van der Waals surface area (Å²) in [5.41, 5.74) is 0.295. The van der Waals surface area contributed by atoms with Crippen LogP contribution in [0.1, 0.15) is 19.8 Å². The molecule has 2 saturated heterocycles. The third-order valence-corrected chi connectivity index (χ3v) is 4.57. The van der Waals surface area contributed by atoms with Crippen molar-refractivity contribution in [2.45, 2.75) is 19.8 Å². The number of ether oxygens (including phenoxy) is 2. The largest absolute Gasteiger partial charge is 0.474 e. The van der Waals surface area contributed by atoms with Crippen LogP contribution in [0.25, 0.3) is 0 Å². The van der Waals surface area contributed by atoms with E-state index in [9.17, 15) is 4.39 Å². The molecule has 2 aliphatic heterocycles. The van der Waals surface area contributed by atoms with E-state index in [0.29, 0.717) is 18.6 Å². The van der Waals surface area contributed by atoms with Crippen LogP contribution in [0.15, 0.2) is 23.3 Å². The minimum atomic E-state index is -0.448. The van der Waals surface area contributed by atoms with Gasteiger partial charge < -0.3 is 19.7 Å². The molecule has 0 aromatic carbocycles. The molecule has 1 N–H and O–H groups in total. The Morgan fingerprint density at radius 1 is 1.52 bits per heavy atom. The zero-order chi connectivity index (χ0) is 16.8. The number of likely N-dealkylation sites (tertiary alicyclic amines) is 1. The highest BCUT2D eigenvalue weighted by Gasteiger charge is 2.42. The molecule has 2 fully saturated rings. The van der Waals surface area contributed by atoms with Gasteiger partial charge in [-0.05, 0) is 31.9 Å². The van der Waals surface area contributed by atoms with Crippen molar-refractivity contribution in [2.24, 2.45) is 10.4 Å². The third kappa shape index (κ3) is 5.16. The molecule has 140 valence electrons. The minimum absolute atomic E-state index is 0. The van der Waals surface area contributed by atoms with Crippen molar-refractivity contribution >= 4 is 29.9 Å². The standard InChI is InChI=1S/C17H25FN4O2.HI/c1-2-19-16(22-9-5-17(12-22)6-10-23-13-17)21-8-11-24-15-14(18)4-3-7-20-15;/h3-4,7H,2,5-6,8-13H2,1H3,(H,19,21);1H. The maximum atomic E-state index is 13.5.